The van der Waals surface area contributed by atoms with Crippen LogP contribution in [0.15, 0.2) is 24.3 Å². The first-order valence-corrected chi connectivity index (χ1v) is 7.41. The first kappa shape index (κ1) is 16.3. The molecule has 1 atom stereocenters. The van der Waals surface area contributed by atoms with Gasteiger partial charge in [-0.05, 0) is 19.1 Å². The first-order valence-electron chi connectivity index (χ1n) is 5.91. The molecular weight excluding hydrogens is 284 g/mol. The van der Waals surface area contributed by atoms with Crippen molar-refractivity contribution in [1.29, 1.82) is 0 Å². The van der Waals surface area contributed by atoms with Gasteiger partial charge in [-0.15, -0.1) is 0 Å². The SMILES string of the molecule is COC(=O)C(C)S(=O)(=O)N(CCO)c1ccccc1N. The number of nitrogens with zero attached hydrogens (tertiary/aromatic N) is 1. The Hall–Kier alpha value is -1.80. The van der Waals surface area contributed by atoms with E-state index in [2.05, 4.69) is 4.74 Å². The summed E-state index contributed by atoms with van der Waals surface area (Å²) < 4.78 is 30.2. The third-order valence-electron chi connectivity index (χ3n) is 2.80. The highest BCUT2D eigenvalue weighted by Crippen LogP contribution is 2.26. The molecule has 0 amide bonds. The molecule has 112 valence electrons. The van der Waals surface area contributed by atoms with E-state index in [1.807, 2.05) is 0 Å². The number of aliphatic hydroxyl groups is 1. The maximum absolute atomic E-state index is 12.4. The van der Waals surface area contributed by atoms with Crippen LogP contribution < -0.4 is 10.0 Å². The van der Waals surface area contributed by atoms with Crippen LogP contribution in [-0.2, 0) is 19.6 Å². The number of hydrogen-bond donors (Lipinski definition) is 2. The van der Waals surface area contributed by atoms with Gasteiger partial charge in [0.1, 0.15) is 0 Å². The van der Waals surface area contributed by atoms with Gasteiger partial charge in [0.15, 0.2) is 5.25 Å². The summed E-state index contributed by atoms with van der Waals surface area (Å²) in [4.78, 5) is 11.5. The summed E-state index contributed by atoms with van der Waals surface area (Å²) in [5.74, 6) is -0.873. The normalized spacial score (nSPS) is 12.8. The molecule has 1 aromatic rings. The van der Waals surface area contributed by atoms with E-state index in [-0.39, 0.29) is 17.9 Å². The van der Waals surface area contributed by atoms with Crippen LogP contribution in [0.5, 0.6) is 0 Å². The molecule has 0 spiro atoms. The summed E-state index contributed by atoms with van der Waals surface area (Å²) in [5.41, 5.74) is 6.21. The van der Waals surface area contributed by atoms with Gasteiger partial charge in [0, 0.05) is 0 Å². The number of aliphatic hydroxyl groups excluding tert-OH is 1. The van der Waals surface area contributed by atoms with Crippen molar-refractivity contribution < 1.29 is 23.1 Å². The topological polar surface area (TPSA) is 110 Å². The van der Waals surface area contributed by atoms with E-state index in [9.17, 15) is 13.2 Å². The molecule has 0 aliphatic carbocycles. The molecule has 0 aromatic heterocycles. The van der Waals surface area contributed by atoms with Crippen LogP contribution in [0, 0.1) is 0 Å². The molecule has 0 aliphatic heterocycles. The zero-order valence-electron chi connectivity index (χ0n) is 11.3. The molecule has 0 aliphatic rings. The Morgan fingerprint density at radius 1 is 1.45 bits per heavy atom. The minimum Gasteiger partial charge on any atom is -0.468 e. The average molecular weight is 302 g/mol. The summed E-state index contributed by atoms with van der Waals surface area (Å²) in [6, 6.07) is 6.32. The summed E-state index contributed by atoms with van der Waals surface area (Å²) in [6.45, 7) is 0.629. The predicted octanol–water partition coefficient (Wildman–Crippen LogP) is -0.0412. The largest absolute Gasteiger partial charge is 0.468 e. The van der Waals surface area contributed by atoms with Gasteiger partial charge in [0.2, 0.25) is 10.0 Å². The number of nitrogen functional groups attached to an aromatic ring is 1. The molecule has 0 fully saturated rings. The number of para-hydroxylation sites is 2. The van der Waals surface area contributed by atoms with Gasteiger partial charge in [0.05, 0.1) is 31.6 Å². The maximum atomic E-state index is 12.4. The fourth-order valence-corrected chi connectivity index (χ4v) is 3.17. The zero-order chi connectivity index (χ0) is 15.3. The molecule has 0 radical (unpaired) electrons. The lowest BCUT2D eigenvalue weighted by molar-refractivity contribution is -0.139. The Morgan fingerprint density at radius 2 is 2.05 bits per heavy atom. The van der Waals surface area contributed by atoms with Crippen molar-refractivity contribution in [2.75, 3.05) is 30.3 Å². The molecule has 20 heavy (non-hydrogen) atoms. The summed E-state index contributed by atoms with van der Waals surface area (Å²) in [5, 5.41) is 7.68. The molecule has 1 aromatic carbocycles. The number of benzene rings is 1. The van der Waals surface area contributed by atoms with Crippen molar-refractivity contribution in [3.05, 3.63) is 24.3 Å². The molecule has 0 heterocycles. The highest BCUT2D eigenvalue weighted by Gasteiger charge is 2.35. The van der Waals surface area contributed by atoms with Gasteiger partial charge in [-0.2, -0.15) is 0 Å². The summed E-state index contributed by atoms with van der Waals surface area (Å²) in [6.07, 6.45) is 0. The van der Waals surface area contributed by atoms with Gasteiger partial charge in [-0.3, -0.25) is 9.10 Å². The second-order valence-electron chi connectivity index (χ2n) is 4.06. The van der Waals surface area contributed by atoms with Crippen molar-refractivity contribution in [3.8, 4) is 0 Å². The summed E-state index contributed by atoms with van der Waals surface area (Å²) >= 11 is 0. The van der Waals surface area contributed by atoms with Crippen LogP contribution in [0.2, 0.25) is 0 Å². The molecule has 1 rings (SSSR count). The van der Waals surface area contributed by atoms with Gasteiger partial charge in [-0.1, -0.05) is 12.1 Å². The Kier molecular flexibility index (Phi) is 5.34. The molecule has 0 bridgehead atoms. The molecule has 8 heteroatoms. The quantitative estimate of drug-likeness (QED) is 0.563. The van der Waals surface area contributed by atoms with E-state index < -0.39 is 27.8 Å². The first-order chi connectivity index (χ1) is 9.36. The molecular formula is C12H18N2O5S. The van der Waals surface area contributed by atoms with Gasteiger partial charge >= 0.3 is 5.97 Å². The third-order valence-corrected chi connectivity index (χ3v) is 4.88. The number of methoxy groups -OCH3 is 1. The lowest BCUT2D eigenvalue weighted by Crippen LogP contribution is -2.43. The Balaban J connectivity index is 3.27. The number of nitrogens with two attached hydrogens (primary N) is 1. The standard InChI is InChI=1S/C12H18N2O5S/c1-9(12(16)19-2)20(17,18)14(7-8-15)11-6-4-3-5-10(11)13/h3-6,9,15H,7-8,13H2,1-2H3. The second kappa shape index (κ2) is 6.58. The monoisotopic (exact) mass is 302 g/mol. The lowest BCUT2D eigenvalue weighted by atomic mass is 10.3. The highest BCUT2D eigenvalue weighted by molar-refractivity contribution is 7.94. The van der Waals surface area contributed by atoms with E-state index in [1.54, 1.807) is 12.1 Å². The van der Waals surface area contributed by atoms with E-state index in [1.165, 1.54) is 19.1 Å². The Labute approximate surface area is 118 Å². The average Bonchev–Trinajstić information content (AvgIpc) is 2.43. The Bertz CT molecular complexity index is 573. The number of esters is 1. The molecule has 1 unspecified atom stereocenters. The van der Waals surface area contributed by atoms with Crippen molar-refractivity contribution in [1.82, 2.24) is 0 Å². The number of ether oxygens (including phenoxy) is 1. The number of sulfonamides is 1. The number of anilines is 2. The molecule has 0 saturated carbocycles. The maximum Gasteiger partial charge on any atom is 0.325 e. The van der Waals surface area contributed by atoms with E-state index in [0.29, 0.717) is 0 Å². The second-order valence-corrected chi connectivity index (χ2v) is 6.24. The number of hydrogen-bond acceptors (Lipinski definition) is 6. The van der Waals surface area contributed by atoms with E-state index in [4.69, 9.17) is 10.8 Å². The van der Waals surface area contributed by atoms with Crippen molar-refractivity contribution in [2.45, 2.75) is 12.2 Å². The van der Waals surface area contributed by atoms with Crippen LogP contribution in [0.4, 0.5) is 11.4 Å². The number of carbonyl (C=O) groups excluding carboxylic acids is 1. The van der Waals surface area contributed by atoms with Crippen LogP contribution in [0.25, 0.3) is 0 Å². The number of rotatable bonds is 6. The van der Waals surface area contributed by atoms with Crippen molar-refractivity contribution in [3.63, 3.8) is 0 Å². The molecule has 7 nitrogen and oxygen atoms in total. The fourth-order valence-electron chi connectivity index (χ4n) is 1.67. The number of carbonyl (C=O) groups is 1. The lowest BCUT2D eigenvalue weighted by Gasteiger charge is -2.27. The van der Waals surface area contributed by atoms with E-state index in [0.717, 1.165) is 11.4 Å². The van der Waals surface area contributed by atoms with Crippen LogP contribution in [0.1, 0.15) is 6.92 Å². The van der Waals surface area contributed by atoms with Gasteiger partial charge < -0.3 is 15.6 Å². The molecule has 0 saturated heterocycles. The van der Waals surface area contributed by atoms with Crippen molar-refractivity contribution >= 4 is 27.4 Å². The van der Waals surface area contributed by atoms with Crippen LogP contribution in [0.3, 0.4) is 0 Å². The van der Waals surface area contributed by atoms with Crippen LogP contribution >= 0.6 is 0 Å². The molecule has 3 N–H and O–H groups in total. The van der Waals surface area contributed by atoms with Gasteiger partial charge in [0.25, 0.3) is 0 Å². The predicted molar refractivity (Wildman–Crippen MR) is 75.7 cm³/mol. The minimum absolute atomic E-state index is 0.197. The van der Waals surface area contributed by atoms with Crippen molar-refractivity contribution in [2.24, 2.45) is 0 Å². The smallest absolute Gasteiger partial charge is 0.325 e. The fraction of sp³-hybridized carbons (Fsp3) is 0.417. The zero-order valence-corrected chi connectivity index (χ0v) is 12.1. The van der Waals surface area contributed by atoms with E-state index >= 15 is 0 Å². The van der Waals surface area contributed by atoms with Crippen LogP contribution in [-0.4, -0.2) is 45.0 Å². The third kappa shape index (κ3) is 3.20. The Morgan fingerprint density at radius 3 is 2.55 bits per heavy atom. The summed E-state index contributed by atoms with van der Waals surface area (Å²) in [7, 11) is -2.92. The highest BCUT2D eigenvalue weighted by atomic mass is 32.2. The minimum atomic E-state index is -4.03. The van der Waals surface area contributed by atoms with Gasteiger partial charge in [-0.25, -0.2) is 8.42 Å².